The van der Waals surface area contributed by atoms with Crippen molar-refractivity contribution < 1.29 is 4.79 Å². The van der Waals surface area contributed by atoms with Crippen LogP contribution in [0.3, 0.4) is 0 Å². The van der Waals surface area contributed by atoms with E-state index in [4.69, 9.17) is 0 Å². The van der Waals surface area contributed by atoms with E-state index in [0.29, 0.717) is 23.2 Å². The second-order valence-corrected chi connectivity index (χ2v) is 6.67. The number of benzene rings is 2. The van der Waals surface area contributed by atoms with Crippen LogP contribution in [0.1, 0.15) is 30.1 Å². The number of amides is 1. The van der Waals surface area contributed by atoms with Crippen molar-refractivity contribution in [2.75, 3.05) is 6.54 Å². The summed E-state index contributed by atoms with van der Waals surface area (Å²) in [5.74, 6) is -0.119. The predicted molar refractivity (Wildman–Crippen MR) is 109 cm³/mol. The Morgan fingerprint density at radius 3 is 2.74 bits per heavy atom. The Morgan fingerprint density at radius 1 is 1.04 bits per heavy atom. The molecule has 0 unspecified atom stereocenters. The van der Waals surface area contributed by atoms with Crippen LogP contribution in [0.4, 0.5) is 0 Å². The smallest absolute Gasteiger partial charge is 0.256 e. The third kappa shape index (κ3) is 3.24. The summed E-state index contributed by atoms with van der Waals surface area (Å²) in [6.07, 6.45) is 3.84. The maximum atomic E-state index is 12.7. The fraction of sp³-hybridized carbons (Fsp3) is 0.182. The standard InChI is InChI=1S/C22H21N3O2/c1-2-3-10-23-21(26)15-9-8-14-11-17(22(27)25-20(14)12-15)18-13-24-19-7-5-4-6-16(18)19/h4-9,11-13,24H,2-3,10H2,1H3,(H,23,26)(H,25,27). The lowest BCUT2D eigenvalue weighted by Crippen LogP contribution is -2.24. The summed E-state index contributed by atoms with van der Waals surface area (Å²) in [7, 11) is 0. The first kappa shape index (κ1) is 17.1. The molecule has 0 aliphatic heterocycles. The average molecular weight is 359 g/mol. The molecule has 0 aliphatic carbocycles. The number of para-hydroxylation sites is 1. The molecule has 0 aliphatic rings. The van der Waals surface area contributed by atoms with Gasteiger partial charge >= 0.3 is 0 Å². The fourth-order valence-electron chi connectivity index (χ4n) is 3.32. The minimum Gasteiger partial charge on any atom is -0.361 e. The lowest BCUT2D eigenvalue weighted by atomic mass is 10.0. The summed E-state index contributed by atoms with van der Waals surface area (Å²) in [5.41, 5.74) is 3.51. The van der Waals surface area contributed by atoms with E-state index in [2.05, 4.69) is 22.2 Å². The number of carbonyl (C=O) groups is 1. The van der Waals surface area contributed by atoms with Crippen molar-refractivity contribution in [1.82, 2.24) is 15.3 Å². The van der Waals surface area contributed by atoms with E-state index < -0.39 is 0 Å². The van der Waals surface area contributed by atoms with Gasteiger partial charge in [-0.25, -0.2) is 0 Å². The number of aromatic amines is 2. The number of hydrogen-bond donors (Lipinski definition) is 3. The molecule has 27 heavy (non-hydrogen) atoms. The van der Waals surface area contributed by atoms with E-state index in [-0.39, 0.29) is 11.5 Å². The monoisotopic (exact) mass is 359 g/mol. The van der Waals surface area contributed by atoms with Gasteiger partial charge in [0.1, 0.15) is 0 Å². The Bertz CT molecular complexity index is 1190. The second kappa shape index (κ2) is 7.11. The van der Waals surface area contributed by atoms with Crippen LogP contribution in [-0.2, 0) is 0 Å². The van der Waals surface area contributed by atoms with Crippen LogP contribution in [-0.4, -0.2) is 22.4 Å². The summed E-state index contributed by atoms with van der Waals surface area (Å²) < 4.78 is 0. The third-order valence-electron chi connectivity index (χ3n) is 4.80. The molecule has 0 spiro atoms. The van der Waals surface area contributed by atoms with E-state index in [9.17, 15) is 9.59 Å². The van der Waals surface area contributed by atoms with E-state index in [1.807, 2.05) is 42.6 Å². The van der Waals surface area contributed by atoms with Gasteiger partial charge < -0.3 is 15.3 Å². The molecule has 1 amide bonds. The van der Waals surface area contributed by atoms with E-state index in [1.54, 1.807) is 12.1 Å². The number of carbonyl (C=O) groups excluding carboxylic acids is 1. The summed E-state index contributed by atoms with van der Waals surface area (Å²) in [5, 5.41) is 4.80. The largest absolute Gasteiger partial charge is 0.361 e. The first-order chi connectivity index (χ1) is 13.2. The molecular weight excluding hydrogens is 338 g/mol. The molecule has 4 rings (SSSR count). The zero-order chi connectivity index (χ0) is 18.8. The van der Waals surface area contributed by atoms with Crippen LogP contribution >= 0.6 is 0 Å². The van der Waals surface area contributed by atoms with Gasteiger partial charge in [-0.05, 0) is 36.1 Å². The van der Waals surface area contributed by atoms with Gasteiger partial charge in [-0.15, -0.1) is 0 Å². The number of rotatable bonds is 5. The Morgan fingerprint density at radius 2 is 1.89 bits per heavy atom. The van der Waals surface area contributed by atoms with Crippen molar-refractivity contribution in [1.29, 1.82) is 0 Å². The number of pyridine rings is 1. The van der Waals surface area contributed by atoms with Gasteiger partial charge in [-0.2, -0.15) is 0 Å². The normalized spacial score (nSPS) is 11.1. The van der Waals surface area contributed by atoms with Crippen LogP contribution in [0.15, 0.2) is 59.5 Å². The van der Waals surface area contributed by atoms with Gasteiger partial charge in [0.25, 0.3) is 11.5 Å². The maximum absolute atomic E-state index is 12.7. The summed E-state index contributed by atoms with van der Waals surface area (Å²) in [6, 6.07) is 15.2. The zero-order valence-corrected chi connectivity index (χ0v) is 15.1. The van der Waals surface area contributed by atoms with Crippen LogP contribution in [0.2, 0.25) is 0 Å². The van der Waals surface area contributed by atoms with Crippen LogP contribution in [0.5, 0.6) is 0 Å². The minimum absolute atomic E-state index is 0.119. The molecule has 0 saturated carbocycles. The zero-order valence-electron chi connectivity index (χ0n) is 15.1. The number of H-pyrrole nitrogens is 2. The van der Waals surface area contributed by atoms with Crippen molar-refractivity contribution >= 4 is 27.7 Å². The Kier molecular flexibility index (Phi) is 4.50. The molecule has 0 fully saturated rings. The number of unbranched alkanes of at least 4 members (excludes halogenated alkanes) is 1. The molecule has 0 radical (unpaired) electrons. The Balaban J connectivity index is 1.73. The van der Waals surface area contributed by atoms with Gasteiger partial charge in [0.05, 0.1) is 0 Å². The average Bonchev–Trinajstić information content (AvgIpc) is 3.11. The molecule has 0 bridgehead atoms. The van der Waals surface area contributed by atoms with Gasteiger partial charge in [0.2, 0.25) is 0 Å². The van der Waals surface area contributed by atoms with Gasteiger partial charge in [-0.3, -0.25) is 9.59 Å². The van der Waals surface area contributed by atoms with Crippen molar-refractivity contribution in [3.8, 4) is 11.1 Å². The molecule has 0 saturated heterocycles. The van der Waals surface area contributed by atoms with Crippen molar-refractivity contribution in [2.24, 2.45) is 0 Å². The summed E-state index contributed by atoms with van der Waals surface area (Å²) >= 11 is 0. The second-order valence-electron chi connectivity index (χ2n) is 6.67. The van der Waals surface area contributed by atoms with Gasteiger partial charge in [-0.1, -0.05) is 37.6 Å². The van der Waals surface area contributed by atoms with E-state index in [0.717, 1.165) is 34.7 Å². The molecule has 2 aromatic heterocycles. The first-order valence-electron chi connectivity index (χ1n) is 9.19. The molecule has 2 heterocycles. The molecule has 3 N–H and O–H groups in total. The van der Waals surface area contributed by atoms with Crippen molar-refractivity contribution in [3.05, 3.63) is 70.6 Å². The van der Waals surface area contributed by atoms with Crippen molar-refractivity contribution in [3.63, 3.8) is 0 Å². The number of aromatic nitrogens is 2. The van der Waals surface area contributed by atoms with Crippen LogP contribution in [0.25, 0.3) is 32.9 Å². The highest BCUT2D eigenvalue weighted by Gasteiger charge is 2.12. The Labute approximate surface area is 156 Å². The fourth-order valence-corrected chi connectivity index (χ4v) is 3.32. The SMILES string of the molecule is CCCCNC(=O)c1ccc2cc(-c3c[nH]c4ccccc34)c(=O)[nH]c2c1. The van der Waals surface area contributed by atoms with E-state index >= 15 is 0 Å². The van der Waals surface area contributed by atoms with Gasteiger partial charge in [0, 0.05) is 45.9 Å². The van der Waals surface area contributed by atoms with Crippen LogP contribution in [0, 0.1) is 0 Å². The molecule has 5 nitrogen and oxygen atoms in total. The topological polar surface area (TPSA) is 77.8 Å². The lowest BCUT2D eigenvalue weighted by Gasteiger charge is -2.07. The summed E-state index contributed by atoms with van der Waals surface area (Å²) in [4.78, 5) is 31.1. The highest BCUT2D eigenvalue weighted by Crippen LogP contribution is 2.27. The lowest BCUT2D eigenvalue weighted by molar-refractivity contribution is 0.0953. The van der Waals surface area contributed by atoms with Crippen molar-refractivity contribution in [2.45, 2.75) is 19.8 Å². The number of nitrogens with one attached hydrogen (secondary N) is 3. The van der Waals surface area contributed by atoms with E-state index in [1.165, 1.54) is 0 Å². The summed E-state index contributed by atoms with van der Waals surface area (Å²) in [6.45, 7) is 2.74. The first-order valence-corrected chi connectivity index (χ1v) is 9.19. The maximum Gasteiger partial charge on any atom is 0.256 e. The highest BCUT2D eigenvalue weighted by molar-refractivity contribution is 6.00. The minimum atomic E-state index is -0.171. The molecule has 136 valence electrons. The molecule has 0 atom stereocenters. The molecule has 2 aromatic carbocycles. The quantitative estimate of drug-likeness (QED) is 0.467. The number of hydrogen-bond acceptors (Lipinski definition) is 2. The highest BCUT2D eigenvalue weighted by atomic mass is 16.1. The predicted octanol–water partition coefficient (Wildman–Crippen LogP) is 4.21. The van der Waals surface area contributed by atoms with Crippen LogP contribution < -0.4 is 10.9 Å². The third-order valence-corrected chi connectivity index (χ3v) is 4.80. The molecule has 5 heteroatoms. The molecular formula is C22H21N3O2. The molecule has 4 aromatic rings. The van der Waals surface area contributed by atoms with Gasteiger partial charge in [0.15, 0.2) is 0 Å². The Hall–Kier alpha value is -3.34. The number of fused-ring (bicyclic) bond motifs is 2.